The van der Waals surface area contributed by atoms with Crippen molar-refractivity contribution in [3.05, 3.63) is 52.0 Å². The molecule has 3 nitrogen and oxygen atoms in total. The summed E-state index contributed by atoms with van der Waals surface area (Å²) >= 11 is -0.288. The summed E-state index contributed by atoms with van der Waals surface area (Å²) in [7, 11) is 0. The first kappa shape index (κ1) is 10.4. The summed E-state index contributed by atoms with van der Waals surface area (Å²) in [4.78, 5) is 8.65. The Kier molecular flexibility index (Phi) is 3.49. The van der Waals surface area contributed by atoms with Gasteiger partial charge in [-0.2, -0.15) is 0 Å². The molecule has 1 N–H and O–H groups in total. The minimum absolute atomic E-state index is 0.288. The molecule has 0 aromatic carbocycles. The topological polar surface area (TPSA) is 37.8 Å². The average Bonchev–Trinajstić information content (AvgIpc) is 2.28. The molecule has 0 saturated heterocycles. The quantitative estimate of drug-likeness (QED) is 0.452. The van der Waals surface area contributed by atoms with E-state index in [-0.39, 0.29) is 21.5 Å². The zero-order valence-electron chi connectivity index (χ0n) is 8.31. The van der Waals surface area contributed by atoms with E-state index in [0.29, 0.717) is 0 Å². The van der Waals surface area contributed by atoms with Crippen molar-refractivity contribution in [3.8, 4) is 0 Å². The molecule has 0 atom stereocenters. The van der Waals surface area contributed by atoms with E-state index in [9.17, 15) is 0 Å². The van der Waals surface area contributed by atoms with Gasteiger partial charge < -0.3 is 0 Å². The monoisotopic (exact) mass is 312 g/mol. The molecule has 0 aliphatic rings. The Hall–Kier alpha value is -1.17. The number of hydrogen-bond donors (Lipinski definition) is 1. The molecule has 78 valence electrons. The van der Waals surface area contributed by atoms with Crippen molar-refractivity contribution in [2.75, 3.05) is 3.53 Å². The second-order valence-corrected chi connectivity index (χ2v) is 5.19. The second-order valence-electron chi connectivity index (χ2n) is 3.01. The van der Waals surface area contributed by atoms with Crippen molar-refractivity contribution in [3.63, 3.8) is 0 Å². The maximum absolute atomic E-state index is 4.38. The number of halogens is 1. The summed E-state index contributed by atoms with van der Waals surface area (Å²) in [5, 5.41) is 0. The molecule has 2 rings (SSSR count). The number of aromatic nitrogens is 2. The van der Waals surface area contributed by atoms with Gasteiger partial charge >= 0.3 is 99.7 Å². The summed E-state index contributed by atoms with van der Waals surface area (Å²) in [6.45, 7) is 1.99. The van der Waals surface area contributed by atoms with Gasteiger partial charge in [-0.15, -0.1) is 0 Å². The molecule has 0 spiro atoms. The van der Waals surface area contributed by atoms with E-state index in [1.165, 1.54) is 0 Å². The van der Waals surface area contributed by atoms with Crippen LogP contribution >= 0.6 is 0 Å². The molecule has 0 aliphatic heterocycles. The van der Waals surface area contributed by atoms with Crippen molar-refractivity contribution >= 4 is 5.82 Å². The van der Waals surface area contributed by atoms with Crippen molar-refractivity contribution in [2.24, 2.45) is 0 Å². The van der Waals surface area contributed by atoms with Gasteiger partial charge in [-0.25, -0.2) is 0 Å². The van der Waals surface area contributed by atoms with E-state index >= 15 is 0 Å². The standard InChI is InChI=1S/C11H11IN3/c1-9-5-4-7-11(14-9)15-12-10-6-2-3-8-13-10/h2-8H,1H3,(H,14,15)/q-1. The third-order valence-corrected chi connectivity index (χ3v) is 3.77. The van der Waals surface area contributed by atoms with Crippen LogP contribution in [0.5, 0.6) is 0 Å². The Morgan fingerprint density at radius 2 is 2.07 bits per heavy atom. The second kappa shape index (κ2) is 5.06. The average molecular weight is 312 g/mol. The van der Waals surface area contributed by atoms with Gasteiger partial charge in [0.05, 0.1) is 0 Å². The first-order valence-corrected chi connectivity index (χ1v) is 6.75. The predicted molar refractivity (Wildman–Crippen MR) is 55.5 cm³/mol. The van der Waals surface area contributed by atoms with Crippen molar-refractivity contribution < 1.29 is 21.5 Å². The Bertz CT molecular complexity index is 431. The molecule has 0 radical (unpaired) electrons. The van der Waals surface area contributed by atoms with Crippen LogP contribution in [0.4, 0.5) is 5.82 Å². The van der Waals surface area contributed by atoms with Gasteiger partial charge in [0.1, 0.15) is 0 Å². The Balaban J connectivity index is 1.99. The van der Waals surface area contributed by atoms with E-state index < -0.39 is 0 Å². The zero-order chi connectivity index (χ0) is 10.5. The number of hydrogen-bond acceptors (Lipinski definition) is 3. The van der Waals surface area contributed by atoms with E-state index in [2.05, 4.69) is 13.5 Å². The predicted octanol–water partition coefficient (Wildman–Crippen LogP) is -0.929. The molecule has 15 heavy (non-hydrogen) atoms. The van der Waals surface area contributed by atoms with Crippen LogP contribution in [0.25, 0.3) is 0 Å². The molecule has 0 fully saturated rings. The molecule has 0 bridgehead atoms. The third kappa shape index (κ3) is 3.16. The Morgan fingerprint density at radius 3 is 2.80 bits per heavy atom. The summed E-state index contributed by atoms with van der Waals surface area (Å²) in [5.74, 6) is 0.938. The van der Waals surface area contributed by atoms with Gasteiger partial charge in [-0.05, 0) is 0 Å². The van der Waals surface area contributed by atoms with Crippen LogP contribution in [0.2, 0.25) is 0 Å². The summed E-state index contributed by atoms with van der Waals surface area (Å²) in [5.41, 5.74) is 1.03. The third-order valence-electron chi connectivity index (χ3n) is 1.76. The summed E-state index contributed by atoms with van der Waals surface area (Å²) in [6.07, 6.45) is 1.82. The van der Waals surface area contributed by atoms with E-state index in [1.807, 2.05) is 49.5 Å². The minimum atomic E-state index is -0.288. The fourth-order valence-corrected chi connectivity index (χ4v) is 2.63. The van der Waals surface area contributed by atoms with Crippen molar-refractivity contribution in [1.82, 2.24) is 9.97 Å². The van der Waals surface area contributed by atoms with Crippen molar-refractivity contribution in [1.29, 1.82) is 0 Å². The SMILES string of the molecule is Cc1cccc(N[I-]c2ccccn2)n1. The normalized spacial score (nSPS) is 10.2. The molecule has 0 unspecified atom stereocenters. The number of rotatable bonds is 3. The van der Waals surface area contributed by atoms with Crippen LogP contribution in [-0.4, -0.2) is 9.97 Å². The fourth-order valence-electron chi connectivity index (χ4n) is 1.09. The Morgan fingerprint density at radius 1 is 1.13 bits per heavy atom. The maximum atomic E-state index is 4.38. The molecule has 2 aromatic rings. The zero-order valence-corrected chi connectivity index (χ0v) is 10.5. The van der Waals surface area contributed by atoms with E-state index in [0.717, 1.165) is 15.2 Å². The summed E-state index contributed by atoms with van der Waals surface area (Å²) < 4.78 is 4.46. The van der Waals surface area contributed by atoms with Crippen LogP contribution in [0, 0.1) is 10.6 Å². The van der Waals surface area contributed by atoms with Gasteiger partial charge in [0.2, 0.25) is 0 Å². The molecular formula is C11H11IN3-. The first-order valence-electron chi connectivity index (χ1n) is 4.59. The molecular weight excluding hydrogens is 301 g/mol. The van der Waals surface area contributed by atoms with Gasteiger partial charge in [0.15, 0.2) is 0 Å². The summed E-state index contributed by atoms with van der Waals surface area (Å²) in [6, 6.07) is 12.0. The number of pyridine rings is 2. The van der Waals surface area contributed by atoms with Gasteiger partial charge in [-0.3, -0.25) is 0 Å². The van der Waals surface area contributed by atoms with Crippen LogP contribution < -0.4 is 25.0 Å². The number of aryl methyl sites for hydroxylation is 1. The van der Waals surface area contributed by atoms with Crippen LogP contribution in [0.3, 0.4) is 0 Å². The van der Waals surface area contributed by atoms with Crippen LogP contribution in [0.1, 0.15) is 5.69 Å². The number of nitrogens with one attached hydrogen (secondary N) is 1. The van der Waals surface area contributed by atoms with Gasteiger partial charge in [-0.1, -0.05) is 0 Å². The van der Waals surface area contributed by atoms with E-state index in [4.69, 9.17) is 0 Å². The van der Waals surface area contributed by atoms with E-state index in [1.54, 1.807) is 0 Å². The van der Waals surface area contributed by atoms with Crippen LogP contribution in [-0.2, 0) is 0 Å². The molecule has 2 heterocycles. The Labute approximate surface area is 99.6 Å². The first-order chi connectivity index (χ1) is 7.34. The molecule has 0 saturated carbocycles. The fraction of sp³-hybridized carbons (Fsp3) is 0.0909. The molecule has 2 aromatic heterocycles. The molecule has 0 amide bonds. The molecule has 0 aliphatic carbocycles. The molecule has 4 heteroatoms. The van der Waals surface area contributed by atoms with Gasteiger partial charge in [0, 0.05) is 0 Å². The number of anilines is 1. The van der Waals surface area contributed by atoms with Gasteiger partial charge in [0.25, 0.3) is 0 Å². The van der Waals surface area contributed by atoms with Crippen molar-refractivity contribution in [2.45, 2.75) is 6.92 Å². The number of nitrogens with zero attached hydrogens (tertiary/aromatic N) is 2. The van der Waals surface area contributed by atoms with Crippen LogP contribution in [0.15, 0.2) is 42.6 Å².